The van der Waals surface area contributed by atoms with Crippen LogP contribution in [-0.2, 0) is 4.43 Å². The van der Waals surface area contributed by atoms with Gasteiger partial charge < -0.3 is 4.43 Å². The first-order chi connectivity index (χ1) is 3.56. The molecule has 0 unspecified atom stereocenters. The van der Waals surface area contributed by atoms with E-state index in [1.54, 1.807) is 6.92 Å². The Balaban J connectivity index is 3.11. The minimum absolute atomic E-state index is 0.185. The van der Waals surface area contributed by atoms with Crippen molar-refractivity contribution in [2.45, 2.75) is 13.3 Å². The van der Waals surface area contributed by atoms with E-state index in [2.05, 4.69) is 4.43 Å². The Morgan fingerprint density at radius 3 is 2.00 bits per heavy atom. The van der Waals surface area contributed by atoms with Crippen molar-refractivity contribution >= 4 is 9.32 Å². The molecular weight excluding hydrogens is 137 g/mol. The normalized spacial score (nSPS) is 12.0. The molecule has 0 fully saturated rings. The Morgan fingerprint density at radius 2 is 1.88 bits per heavy atom. The van der Waals surface area contributed by atoms with Gasteiger partial charge in [-0.3, -0.25) is 0 Å². The predicted molar refractivity (Wildman–Crippen MR) is 25.3 cm³/mol. The topological polar surface area (TPSA) is 9.23 Å². The van der Waals surface area contributed by atoms with Crippen LogP contribution in [0.25, 0.3) is 0 Å². The summed E-state index contributed by atoms with van der Waals surface area (Å²) in [6.45, 7) is 1.45. The molecule has 0 aliphatic carbocycles. The number of halogens is 3. The van der Waals surface area contributed by atoms with Crippen LogP contribution in [0.1, 0.15) is 13.3 Å². The molecule has 0 aromatic rings. The summed E-state index contributed by atoms with van der Waals surface area (Å²) in [7, 11) is -5.68. The van der Waals surface area contributed by atoms with Gasteiger partial charge in [-0.05, 0) is 6.42 Å². The van der Waals surface area contributed by atoms with Gasteiger partial charge in [-0.15, -0.1) is 0 Å². The quantitative estimate of drug-likeness (QED) is 0.433. The SMILES string of the molecule is CCCO[Si](F)(F)F. The van der Waals surface area contributed by atoms with Crippen molar-refractivity contribution in [1.82, 2.24) is 0 Å². The largest absolute Gasteiger partial charge is 0.802 e. The molecule has 0 spiro atoms. The highest BCUT2D eigenvalue weighted by Gasteiger charge is 2.40. The molecule has 0 saturated carbocycles. The smallest absolute Gasteiger partial charge is 0.342 e. The molecule has 0 N–H and O–H groups in total. The molecule has 1 nitrogen and oxygen atoms in total. The second-order valence-corrected chi connectivity index (χ2v) is 2.47. The molecule has 0 heterocycles. The third-order valence-corrected chi connectivity index (χ3v) is 1.00. The molecule has 0 bridgehead atoms. The van der Waals surface area contributed by atoms with Crippen molar-refractivity contribution in [2.75, 3.05) is 6.61 Å². The van der Waals surface area contributed by atoms with Gasteiger partial charge in [0, 0.05) is 6.61 Å². The first-order valence-corrected chi connectivity index (χ1v) is 3.81. The van der Waals surface area contributed by atoms with Gasteiger partial charge in [0.15, 0.2) is 0 Å². The van der Waals surface area contributed by atoms with E-state index in [0.717, 1.165) is 0 Å². The molecule has 0 amide bonds. The maximum absolute atomic E-state index is 11.2. The van der Waals surface area contributed by atoms with E-state index in [9.17, 15) is 12.3 Å². The summed E-state index contributed by atoms with van der Waals surface area (Å²) in [5, 5.41) is 0. The number of hydrogen-bond donors (Lipinski definition) is 0. The molecule has 0 aliphatic rings. The van der Waals surface area contributed by atoms with E-state index >= 15 is 0 Å². The minimum Gasteiger partial charge on any atom is -0.342 e. The van der Waals surface area contributed by atoms with Crippen LogP contribution < -0.4 is 0 Å². The molecule has 0 atom stereocenters. The summed E-state index contributed by atoms with van der Waals surface area (Å²) in [6.07, 6.45) is 0.423. The lowest BCUT2D eigenvalue weighted by atomic mass is 10.5. The number of rotatable bonds is 3. The van der Waals surface area contributed by atoms with E-state index in [4.69, 9.17) is 0 Å². The fraction of sp³-hybridized carbons (Fsp3) is 1.00. The summed E-state index contributed by atoms with van der Waals surface area (Å²) in [6, 6.07) is 0. The first kappa shape index (κ1) is 7.97. The van der Waals surface area contributed by atoms with E-state index in [1.165, 1.54) is 0 Å². The van der Waals surface area contributed by atoms with Crippen LogP contribution in [0.4, 0.5) is 12.3 Å². The fourth-order valence-electron chi connectivity index (χ4n) is 0.218. The van der Waals surface area contributed by atoms with Crippen LogP contribution in [-0.4, -0.2) is 15.9 Å². The monoisotopic (exact) mass is 144 g/mol. The molecule has 0 radical (unpaired) electrons. The molecule has 0 saturated heterocycles. The zero-order valence-corrected chi connectivity index (χ0v) is 5.46. The zero-order valence-electron chi connectivity index (χ0n) is 4.46. The van der Waals surface area contributed by atoms with Crippen LogP contribution in [0, 0.1) is 0 Å². The van der Waals surface area contributed by atoms with Gasteiger partial charge in [-0.25, -0.2) is 12.3 Å². The highest BCUT2D eigenvalue weighted by atomic mass is 28.5. The lowest BCUT2D eigenvalue weighted by Crippen LogP contribution is -2.21. The van der Waals surface area contributed by atoms with Gasteiger partial charge in [-0.1, -0.05) is 6.92 Å². The van der Waals surface area contributed by atoms with Crippen molar-refractivity contribution < 1.29 is 16.7 Å². The maximum Gasteiger partial charge on any atom is 0.802 e. The van der Waals surface area contributed by atoms with Crippen LogP contribution >= 0.6 is 0 Å². The maximum atomic E-state index is 11.2. The van der Waals surface area contributed by atoms with E-state index in [-0.39, 0.29) is 6.61 Å². The Kier molecular flexibility index (Phi) is 3.07. The summed E-state index contributed by atoms with van der Waals surface area (Å²) < 4.78 is 37.0. The van der Waals surface area contributed by atoms with Gasteiger partial charge in [0.2, 0.25) is 0 Å². The summed E-state index contributed by atoms with van der Waals surface area (Å²) in [5.74, 6) is 0. The number of hydrogen-bond acceptors (Lipinski definition) is 1. The second-order valence-electron chi connectivity index (χ2n) is 1.29. The van der Waals surface area contributed by atoms with E-state index in [0.29, 0.717) is 6.42 Å². The zero-order chi connectivity index (χ0) is 6.62. The minimum atomic E-state index is -5.68. The first-order valence-electron chi connectivity index (χ1n) is 2.27. The lowest BCUT2D eigenvalue weighted by Gasteiger charge is -1.99. The Hall–Kier alpha value is -0.0331. The van der Waals surface area contributed by atoms with Crippen molar-refractivity contribution in [3.63, 3.8) is 0 Å². The van der Waals surface area contributed by atoms with Gasteiger partial charge in [0.05, 0.1) is 0 Å². The van der Waals surface area contributed by atoms with Gasteiger partial charge >= 0.3 is 9.32 Å². The third kappa shape index (κ3) is 5.97. The highest BCUT2D eigenvalue weighted by Crippen LogP contribution is 2.09. The summed E-state index contributed by atoms with van der Waals surface area (Å²) >= 11 is 0. The summed E-state index contributed by atoms with van der Waals surface area (Å²) in [5.41, 5.74) is 0. The van der Waals surface area contributed by atoms with Crippen LogP contribution in [0.5, 0.6) is 0 Å². The van der Waals surface area contributed by atoms with E-state index in [1.807, 2.05) is 0 Å². The average Bonchev–Trinajstić information content (AvgIpc) is 1.59. The predicted octanol–water partition coefficient (Wildman–Crippen LogP) is 1.76. The van der Waals surface area contributed by atoms with Gasteiger partial charge in [0.1, 0.15) is 0 Å². The molecule has 5 heteroatoms. The average molecular weight is 144 g/mol. The Morgan fingerprint density at radius 1 is 1.38 bits per heavy atom. The summed E-state index contributed by atoms with van der Waals surface area (Å²) in [4.78, 5) is 0. The molecule has 0 aromatic carbocycles. The lowest BCUT2D eigenvalue weighted by molar-refractivity contribution is 0.176. The van der Waals surface area contributed by atoms with Gasteiger partial charge in [0.25, 0.3) is 0 Å². The van der Waals surface area contributed by atoms with Crippen molar-refractivity contribution in [2.24, 2.45) is 0 Å². The van der Waals surface area contributed by atoms with Crippen molar-refractivity contribution in [3.8, 4) is 0 Å². The standard InChI is InChI=1S/C3H7F3OSi/c1-2-3-7-8(4,5)6/h2-3H2,1H3. The molecular formula is C3H7F3OSi. The van der Waals surface area contributed by atoms with Crippen LogP contribution in [0.3, 0.4) is 0 Å². The highest BCUT2D eigenvalue weighted by molar-refractivity contribution is 6.51. The second kappa shape index (κ2) is 3.08. The Bertz CT molecular complexity index is 62.0. The van der Waals surface area contributed by atoms with Crippen LogP contribution in [0.15, 0.2) is 0 Å². The third-order valence-electron chi connectivity index (χ3n) is 0.470. The fourth-order valence-corrected chi connectivity index (χ4v) is 0.653. The van der Waals surface area contributed by atoms with E-state index < -0.39 is 9.32 Å². The molecule has 8 heavy (non-hydrogen) atoms. The van der Waals surface area contributed by atoms with Gasteiger partial charge in [-0.2, -0.15) is 0 Å². The van der Waals surface area contributed by atoms with Crippen molar-refractivity contribution in [3.05, 3.63) is 0 Å². The van der Waals surface area contributed by atoms with Crippen molar-refractivity contribution in [1.29, 1.82) is 0 Å². The molecule has 0 aliphatic heterocycles. The molecule has 50 valence electrons. The molecule has 0 aromatic heterocycles. The van der Waals surface area contributed by atoms with Crippen LogP contribution in [0.2, 0.25) is 0 Å². The molecule has 0 rings (SSSR count). The Labute approximate surface area is 47.1 Å².